The summed E-state index contributed by atoms with van der Waals surface area (Å²) in [6, 6.07) is 0. The van der Waals surface area contributed by atoms with E-state index < -0.39 is 0 Å². The predicted octanol–water partition coefficient (Wildman–Crippen LogP) is 5.58. The van der Waals surface area contributed by atoms with Gasteiger partial charge in [-0.05, 0) is 0 Å². The van der Waals surface area contributed by atoms with Gasteiger partial charge in [0.2, 0.25) is 0 Å². The van der Waals surface area contributed by atoms with E-state index >= 15 is 0 Å². The van der Waals surface area contributed by atoms with Gasteiger partial charge in [0.15, 0.2) is 0 Å². The SMILES string of the molecule is [CH2-]CCCCC.[CH2-]CCCCCCC.[Ru+2]. The standard InChI is InChI=1S/C8H17.C6H13.Ru/c1-3-5-7-8-6-4-2;1-3-5-6-4-2;/h1,3-8H2,2H3;1,3-6H2,2H3;/q2*-1;+2. The number of hydrogen-bond donors (Lipinski definition) is 0. The zero-order chi connectivity index (χ0) is 11.1. The normalized spacial score (nSPS) is 8.80. The molecular weight excluding hydrogens is 269 g/mol. The van der Waals surface area contributed by atoms with Gasteiger partial charge >= 0.3 is 19.5 Å². The molecule has 0 fully saturated rings. The van der Waals surface area contributed by atoms with E-state index in [2.05, 4.69) is 27.7 Å². The predicted molar refractivity (Wildman–Crippen MR) is 68.2 cm³/mol. The molecule has 1 heteroatoms. The molecule has 0 nitrogen and oxygen atoms in total. The first-order chi connectivity index (χ1) is 6.83. The Kier molecular flexibility index (Phi) is 33.6. The Morgan fingerprint density at radius 2 is 0.933 bits per heavy atom. The van der Waals surface area contributed by atoms with Crippen molar-refractivity contribution in [3.05, 3.63) is 13.8 Å². The second-order valence-electron chi connectivity index (χ2n) is 3.83. The summed E-state index contributed by atoms with van der Waals surface area (Å²) in [5.74, 6) is 0. The first-order valence-electron chi connectivity index (χ1n) is 6.41. The third-order valence-electron chi connectivity index (χ3n) is 2.21. The third kappa shape index (κ3) is 31.3. The molecule has 0 unspecified atom stereocenters. The molecule has 15 heavy (non-hydrogen) atoms. The maximum Gasteiger partial charge on any atom is 2.00 e. The fraction of sp³-hybridized carbons (Fsp3) is 0.857. The molecule has 0 amide bonds. The molecule has 0 N–H and O–H groups in total. The second kappa shape index (κ2) is 24.0. The van der Waals surface area contributed by atoms with E-state index in [9.17, 15) is 0 Å². The molecule has 0 spiro atoms. The Labute approximate surface area is 111 Å². The summed E-state index contributed by atoms with van der Waals surface area (Å²) >= 11 is 0. The van der Waals surface area contributed by atoms with Gasteiger partial charge in [-0.15, -0.1) is 0 Å². The molecular formula is C14H30Ru. The molecule has 0 saturated carbocycles. The van der Waals surface area contributed by atoms with Crippen LogP contribution in [-0.4, -0.2) is 0 Å². The maximum absolute atomic E-state index is 3.78. The zero-order valence-electron chi connectivity index (χ0n) is 10.8. The molecule has 0 saturated heterocycles. The van der Waals surface area contributed by atoms with E-state index in [1.807, 2.05) is 0 Å². The summed E-state index contributed by atoms with van der Waals surface area (Å²) in [5.41, 5.74) is 0. The van der Waals surface area contributed by atoms with Crippen molar-refractivity contribution >= 4 is 0 Å². The number of unbranched alkanes of at least 4 members (excludes halogenated alkanes) is 8. The molecule has 0 aliphatic carbocycles. The van der Waals surface area contributed by atoms with Crippen molar-refractivity contribution in [3.8, 4) is 0 Å². The van der Waals surface area contributed by atoms with Gasteiger partial charge < -0.3 is 13.8 Å². The van der Waals surface area contributed by atoms with Crippen molar-refractivity contribution in [2.24, 2.45) is 0 Å². The van der Waals surface area contributed by atoms with Crippen LogP contribution in [0.2, 0.25) is 0 Å². The van der Waals surface area contributed by atoms with Gasteiger partial charge in [0.1, 0.15) is 0 Å². The van der Waals surface area contributed by atoms with Crippen LogP contribution in [0.15, 0.2) is 0 Å². The van der Waals surface area contributed by atoms with Crippen LogP contribution in [0.1, 0.15) is 78.1 Å². The quantitative estimate of drug-likeness (QED) is 0.312. The molecule has 0 aromatic carbocycles. The second-order valence-corrected chi connectivity index (χ2v) is 3.83. The van der Waals surface area contributed by atoms with Crippen molar-refractivity contribution in [3.63, 3.8) is 0 Å². The molecule has 0 aliphatic heterocycles. The largest absolute Gasteiger partial charge is 2.00 e. The average Bonchev–Trinajstić information content (AvgIpc) is 2.22. The van der Waals surface area contributed by atoms with Gasteiger partial charge in [0, 0.05) is 0 Å². The van der Waals surface area contributed by atoms with Crippen LogP contribution in [0.25, 0.3) is 0 Å². The van der Waals surface area contributed by atoms with E-state index in [-0.39, 0.29) is 19.5 Å². The van der Waals surface area contributed by atoms with E-state index in [1.54, 1.807) is 0 Å². The van der Waals surface area contributed by atoms with Gasteiger partial charge in [-0.2, -0.15) is 12.8 Å². The molecule has 0 aromatic heterocycles. The smallest absolute Gasteiger partial charge is 0.343 e. The first kappa shape index (κ1) is 21.0. The zero-order valence-corrected chi connectivity index (χ0v) is 12.6. The van der Waals surface area contributed by atoms with Crippen molar-refractivity contribution in [1.29, 1.82) is 0 Å². The van der Waals surface area contributed by atoms with Gasteiger partial charge in [-0.3, -0.25) is 0 Å². The Morgan fingerprint density at radius 1 is 0.600 bits per heavy atom. The van der Waals surface area contributed by atoms with Crippen LogP contribution >= 0.6 is 0 Å². The molecule has 0 bridgehead atoms. The Morgan fingerprint density at radius 3 is 1.27 bits per heavy atom. The van der Waals surface area contributed by atoms with E-state index in [1.165, 1.54) is 51.4 Å². The van der Waals surface area contributed by atoms with Crippen LogP contribution in [0.3, 0.4) is 0 Å². The summed E-state index contributed by atoms with van der Waals surface area (Å²) in [5, 5.41) is 0. The Balaban J connectivity index is -0.000000187. The maximum atomic E-state index is 3.78. The van der Waals surface area contributed by atoms with Crippen LogP contribution in [0, 0.1) is 13.8 Å². The Bertz CT molecular complexity index is 61.7. The van der Waals surface area contributed by atoms with Gasteiger partial charge in [-0.1, -0.05) is 65.2 Å². The Hall–Kier alpha value is 0.623. The minimum Gasteiger partial charge on any atom is -0.343 e. The fourth-order valence-electron chi connectivity index (χ4n) is 1.21. The van der Waals surface area contributed by atoms with Crippen molar-refractivity contribution in [1.82, 2.24) is 0 Å². The van der Waals surface area contributed by atoms with Gasteiger partial charge in [-0.25, -0.2) is 0 Å². The molecule has 0 aromatic rings. The fourth-order valence-corrected chi connectivity index (χ4v) is 1.21. The van der Waals surface area contributed by atoms with E-state index in [0.29, 0.717) is 0 Å². The number of rotatable bonds is 8. The molecule has 94 valence electrons. The average molecular weight is 299 g/mol. The summed E-state index contributed by atoms with van der Waals surface area (Å²) in [7, 11) is 0. The summed E-state index contributed by atoms with van der Waals surface area (Å²) < 4.78 is 0. The molecule has 0 atom stereocenters. The van der Waals surface area contributed by atoms with Crippen molar-refractivity contribution in [2.75, 3.05) is 0 Å². The molecule has 0 aliphatic rings. The monoisotopic (exact) mass is 300 g/mol. The minimum atomic E-state index is 0. The van der Waals surface area contributed by atoms with Crippen LogP contribution in [-0.2, 0) is 19.5 Å². The van der Waals surface area contributed by atoms with Crippen molar-refractivity contribution in [2.45, 2.75) is 78.1 Å². The summed E-state index contributed by atoms with van der Waals surface area (Å²) in [6.45, 7) is 12.0. The molecule has 0 heterocycles. The number of hydrogen-bond acceptors (Lipinski definition) is 0. The third-order valence-corrected chi connectivity index (χ3v) is 2.21. The molecule has 0 radical (unpaired) electrons. The topological polar surface area (TPSA) is 0 Å². The summed E-state index contributed by atoms with van der Waals surface area (Å²) in [4.78, 5) is 0. The van der Waals surface area contributed by atoms with Gasteiger partial charge in [0.05, 0.1) is 0 Å². The van der Waals surface area contributed by atoms with Crippen LogP contribution in [0.4, 0.5) is 0 Å². The van der Waals surface area contributed by atoms with E-state index in [4.69, 9.17) is 0 Å². The van der Waals surface area contributed by atoms with Crippen molar-refractivity contribution < 1.29 is 19.5 Å². The summed E-state index contributed by atoms with van der Waals surface area (Å²) in [6.07, 6.45) is 13.0. The minimum absolute atomic E-state index is 0. The molecule has 0 rings (SSSR count). The van der Waals surface area contributed by atoms with E-state index in [0.717, 1.165) is 12.8 Å². The van der Waals surface area contributed by atoms with Crippen LogP contribution < -0.4 is 0 Å². The first-order valence-corrected chi connectivity index (χ1v) is 6.41. The van der Waals surface area contributed by atoms with Crippen LogP contribution in [0.5, 0.6) is 0 Å². The van der Waals surface area contributed by atoms with Gasteiger partial charge in [0.25, 0.3) is 0 Å².